The number of likely N-dealkylation sites (tertiary alicyclic amines) is 1. The molecule has 7 heteroatoms. The van der Waals surface area contributed by atoms with Crippen molar-refractivity contribution in [1.29, 1.82) is 0 Å². The summed E-state index contributed by atoms with van der Waals surface area (Å²) in [6.45, 7) is 8.35. The Morgan fingerprint density at radius 2 is 1.95 bits per heavy atom. The molecule has 0 aliphatic carbocycles. The van der Waals surface area contributed by atoms with E-state index in [0.717, 1.165) is 0 Å². The first-order valence-corrected chi connectivity index (χ1v) is 7.30. The van der Waals surface area contributed by atoms with Crippen LogP contribution in [-0.2, 0) is 14.3 Å². The van der Waals surface area contributed by atoms with Gasteiger partial charge >= 0.3 is 6.09 Å². The van der Waals surface area contributed by atoms with Crippen LogP contribution >= 0.6 is 0 Å². The summed E-state index contributed by atoms with van der Waals surface area (Å²) in [5.74, 6) is -0.126. The molecular weight excluding hydrogens is 274 g/mol. The quantitative estimate of drug-likeness (QED) is 0.699. The summed E-state index contributed by atoms with van der Waals surface area (Å²) in [7, 11) is 0. The highest BCUT2D eigenvalue weighted by Crippen LogP contribution is 2.16. The van der Waals surface area contributed by atoms with E-state index in [0.29, 0.717) is 25.9 Å². The number of ether oxygens (including phenoxy) is 1. The third kappa shape index (κ3) is 5.24. The van der Waals surface area contributed by atoms with E-state index in [1.807, 2.05) is 27.7 Å². The first-order valence-electron chi connectivity index (χ1n) is 7.30. The molecule has 1 aliphatic rings. The molecule has 3 amide bonds. The second-order valence-corrected chi connectivity index (χ2v) is 5.91. The fraction of sp³-hybridized carbons (Fsp3) is 0.786. The van der Waals surface area contributed by atoms with Crippen molar-refractivity contribution in [2.45, 2.75) is 52.3 Å². The SMILES string of the molecule is CC(C)NC(=O)O[C@H]1CCN(C(=O)[C@@H](NC=O)C(C)C)C1. The van der Waals surface area contributed by atoms with E-state index in [2.05, 4.69) is 10.6 Å². The molecule has 1 fully saturated rings. The maximum Gasteiger partial charge on any atom is 0.407 e. The lowest BCUT2D eigenvalue weighted by Gasteiger charge is -2.25. The van der Waals surface area contributed by atoms with Crippen LogP contribution in [0.25, 0.3) is 0 Å². The van der Waals surface area contributed by atoms with Gasteiger partial charge in [-0.05, 0) is 19.8 Å². The van der Waals surface area contributed by atoms with Crippen molar-refractivity contribution in [2.24, 2.45) is 5.92 Å². The molecule has 0 aromatic carbocycles. The molecule has 21 heavy (non-hydrogen) atoms. The van der Waals surface area contributed by atoms with E-state index in [9.17, 15) is 14.4 Å². The zero-order chi connectivity index (χ0) is 16.0. The largest absolute Gasteiger partial charge is 0.444 e. The Hall–Kier alpha value is -1.79. The standard InChI is InChI=1S/C14H25N3O4/c1-9(2)12(15-8-18)13(19)17-6-5-11(7-17)21-14(20)16-10(3)4/h8-12H,5-7H2,1-4H3,(H,15,18)(H,16,20)/t11-,12-/m0/s1. The van der Waals surface area contributed by atoms with Gasteiger partial charge in [0.2, 0.25) is 12.3 Å². The van der Waals surface area contributed by atoms with Crippen LogP contribution in [0.3, 0.4) is 0 Å². The van der Waals surface area contributed by atoms with Crippen LogP contribution in [0.4, 0.5) is 4.79 Å². The second kappa shape index (κ2) is 7.85. The molecule has 0 aromatic rings. The Kier molecular flexibility index (Phi) is 6.45. The van der Waals surface area contributed by atoms with Gasteiger partial charge in [-0.25, -0.2) is 4.79 Å². The number of nitrogens with zero attached hydrogens (tertiary/aromatic N) is 1. The monoisotopic (exact) mass is 299 g/mol. The number of amides is 3. The molecule has 2 atom stereocenters. The number of hydrogen-bond acceptors (Lipinski definition) is 4. The van der Waals surface area contributed by atoms with Crippen LogP contribution in [0.2, 0.25) is 0 Å². The number of hydrogen-bond donors (Lipinski definition) is 2. The summed E-state index contributed by atoms with van der Waals surface area (Å²) in [6, 6.07) is -0.524. The van der Waals surface area contributed by atoms with Gasteiger partial charge in [0.1, 0.15) is 12.1 Å². The summed E-state index contributed by atoms with van der Waals surface area (Å²) in [5, 5.41) is 5.20. The highest BCUT2D eigenvalue weighted by molar-refractivity contribution is 5.84. The lowest BCUT2D eigenvalue weighted by Crippen LogP contribution is -2.48. The van der Waals surface area contributed by atoms with Crippen molar-refractivity contribution in [3.8, 4) is 0 Å². The van der Waals surface area contributed by atoms with Crippen molar-refractivity contribution in [2.75, 3.05) is 13.1 Å². The Morgan fingerprint density at radius 1 is 1.29 bits per heavy atom. The number of alkyl carbamates (subject to hydrolysis) is 1. The molecule has 0 bridgehead atoms. The van der Waals surface area contributed by atoms with E-state index in [4.69, 9.17) is 4.74 Å². The van der Waals surface area contributed by atoms with E-state index < -0.39 is 12.1 Å². The molecule has 7 nitrogen and oxygen atoms in total. The van der Waals surface area contributed by atoms with Gasteiger partial charge in [-0.15, -0.1) is 0 Å². The van der Waals surface area contributed by atoms with Crippen LogP contribution in [-0.4, -0.2) is 54.6 Å². The Bertz CT molecular complexity index is 384. The van der Waals surface area contributed by atoms with Crippen molar-refractivity contribution in [3.63, 3.8) is 0 Å². The minimum atomic E-state index is -0.536. The molecule has 0 saturated carbocycles. The normalized spacial score (nSPS) is 19.5. The van der Waals surface area contributed by atoms with Crippen molar-refractivity contribution in [3.05, 3.63) is 0 Å². The van der Waals surface area contributed by atoms with E-state index in [-0.39, 0.29) is 24.0 Å². The van der Waals surface area contributed by atoms with Gasteiger partial charge in [0.15, 0.2) is 0 Å². The zero-order valence-electron chi connectivity index (χ0n) is 13.1. The first kappa shape index (κ1) is 17.3. The summed E-state index contributed by atoms with van der Waals surface area (Å²) >= 11 is 0. The average Bonchev–Trinajstić information content (AvgIpc) is 2.82. The predicted octanol–water partition coefficient (Wildman–Crippen LogP) is 0.493. The number of carbonyl (C=O) groups is 3. The molecule has 0 unspecified atom stereocenters. The Labute approximate surface area is 125 Å². The van der Waals surface area contributed by atoms with Gasteiger partial charge in [0, 0.05) is 19.0 Å². The average molecular weight is 299 g/mol. The minimum Gasteiger partial charge on any atom is -0.444 e. The number of carbonyl (C=O) groups excluding carboxylic acids is 3. The Balaban J connectivity index is 2.51. The molecule has 1 rings (SSSR count). The second-order valence-electron chi connectivity index (χ2n) is 5.91. The van der Waals surface area contributed by atoms with Gasteiger partial charge in [-0.1, -0.05) is 13.8 Å². The van der Waals surface area contributed by atoms with Crippen molar-refractivity contribution in [1.82, 2.24) is 15.5 Å². The zero-order valence-corrected chi connectivity index (χ0v) is 13.1. The topological polar surface area (TPSA) is 87.7 Å². The maximum atomic E-state index is 12.3. The van der Waals surface area contributed by atoms with E-state index in [1.54, 1.807) is 4.90 Å². The molecule has 0 radical (unpaired) electrons. The fourth-order valence-corrected chi connectivity index (χ4v) is 2.26. The highest BCUT2D eigenvalue weighted by atomic mass is 16.6. The summed E-state index contributed by atoms with van der Waals surface area (Å²) in [5.41, 5.74) is 0. The molecule has 1 heterocycles. The van der Waals surface area contributed by atoms with Crippen LogP contribution < -0.4 is 10.6 Å². The van der Waals surface area contributed by atoms with Crippen molar-refractivity contribution >= 4 is 18.4 Å². The number of nitrogens with one attached hydrogen (secondary N) is 2. The highest BCUT2D eigenvalue weighted by Gasteiger charge is 2.33. The molecule has 2 N–H and O–H groups in total. The Morgan fingerprint density at radius 3 is 2.48 bits per heavy atom. The lowest BCUT2D eigenvalue weighted by atomic mass is 10.0. The van der Waals surface area contributed by atoms with Crippen LogP contribution in [0, 0.1) is 5.92 Å². The van der Waals surface area contributed by atoms with E-state index >= 15 is 0 Å². The van der Waals surface area contributed by atoms with Gasteiger partial charge in [0.25, 0.3) is 0 Å². The van der Waals surface area contributed by atoms with E-state index in [1.165, 1.54) is 0 Å². The van der Waals surface area contributed by atoms with Crippen molar-refractivity contribution < 1.29 is 19.1 Å². The van der Waals surface area contributed by atoms with Crippen LogP contribution in [0.5, 0.6) is 0 Å². The first-order chi connectivity index (χ1) is 9.85. The maximum absolute atomic E-state index is 12.3. The third-order valence-electron chi connectivity index (χ3n) is 3.32. The fourth-order valence-electron chi connectivity index (χ4n) is 2.26. The molecule has 1 saturated heterocycles. The molecule has 120 valence electrons. The summed E-state index contributed by atoms with van der Waals surface area (Å²) < 4.78 is 5.27. The van der Waals surface area contributed by atoms with Gasteiger partial charge in [0.05, 0.1) is 6.54 Å². The summed E-state index contributed by atoms with van der Waals surface area (Å²) in [4.78, 5) is 36.1. The van der Waals surface area contributed by atoms with Crippen LogP contribution in [0.1, 0.15) is 34.1 Å². The number of rotatable bonds is 6. The van der Waals surface area contributed by atoms with Crippen LogP contribution in [0.15, 0.2) is 0 Å². The molecule has 0 spiro atoms. The summed E-state index contributed by atoms with van der Waals surface area (Å²) in [6.07, 6.45) is 0.402. The molecular formula is C14H25N3O4. The molecule has 0 aromatic heterocycles. The lowest BCUT2D eigenvalue weighted by molar-refractivity contribution is -0.135. The smallest absolute Gasteiger partial charge is 0.407 e. The van der Waals surface area contributed by atoms with Gasteiger partial charge in [-0.3, -0.25) is 9.59 Å². The predicted molar refractivity (Wildman–Crippen MR) is 77.6 cm³/mol. The third-order valence-corrected chi connectivity index (χ3v) is 3.32. The minimum absolute atomic E-state index is 0.00640. The van der Waals surface area contributed by atoms with Gasteiger partial charge in [-0.2, -0.15) is 0 Å². The molecule has 1 aliphatic heterocycles. The van der Waals surface area contributed by atoms with Gasteiger partial charge < -0.3 is 20.3 Å².